The van der Waals surface area contributed by atoms with Crippen molar-refractivity contribution in [2.24, 2.45) is 0 Å². The van der Waals surface area contributed by atoms with Crippen molar-refractivity contribution < 1.29 is 13.2 Å². The number of nitrogens with one attached hydrogen (secondary N) is 1. The first kappa shape index (κ1) is 18.8. The predicted octanol–water partition coefficient (Wildman–Crippen LogP) is 4.37. The minimum Gasteiger partial charge on any atom is -0.302 e. The van der Waals surface area contributed by atoms with Gasteiger partial charge in [-0.1, -0.05) is 29.0 Å². The lowest BCUT2D eigenvalue weighted by Crippen LogP contribution is -2.17. The number of hydrogen-bond acceptors (Lipinski definition) is 5. The molecule has 5 nitrogen and oxygen atoms in total. The Morgan fingerprint density at radius 1 is 1.15 bits per heavy atom. The van der Waals surface area contributed by atoms with Crippen molar-refractivity contribution in [1.29, 1.82) is 0 Å². The van der Waals surface area contributed by atoms with Crippen LogP contribution in [-0.4, -0.2) is 25.1 Å². The summed E-state index contributed by atoms with van der Waals surface area (Å²) in [5.74, 6) is -0.653. The van der Waals surface area contributed by atoms with Gasteiger partial charge in [0.2, 0.25) is 5.91 Å². The van der Waals surface area contributed by atoms with Crippen molar-refractivity contribution in [2.45, 2.75) is 25.2 Å². The average Bonchev–Trinajstić information content (AvgIpc) is 3.00. The molecule has 0 radical (unpaired) electrons. The fraction of sp³-hybridized carbons (Fsp3) is 0.222. The second-order valence-corrected chi connectivity index (χ2v) is 9.52. The number of sulfone groups is 1. The molecule has 1 aromatic heterocycles. The minimum absolute atomic E-state index is 0.140. The summed E-state index contributed by atoms with van der Waals surface area (Å²) in [6.45, 7) is 4.00. The maximum absolute atomic E-state index is 12.3. The molecule has 0 aliphatic rings. The fourth-order valence-corrected chi connectivity index (χ4v) is 4.76. The molecule has 0 unspecified atom stereocenters. The number of fused-ring (bicyclic) bond motifs is 1. The van der Waals surface area contributed by atoms with Gasteiger partial charge in [0, 0.05) is 11.4 Å². The van der Waals surface area contributed by atoms with Crippen molar-refractivity contribution in [3.63, 3.8) is 0 Å². The Labute approximate surface area is 160 Å². The van der Waals surface area contributed by atoms with Gasteiger partial charge in [-0.05, 0) is 55.3 Å². The molecule has 2 aromatic carbocycles. The van der Waals surface area contributed by atoms with Gasteiger partial charge in [-0.15, -0.1) is 0 Å². The van der Waals surface area contributed by atoms with Crippen LogP contribution in [0.25, 0.3) is 10.2 Å². The number of nitrogens with zero attached hydrogens (tertiary/aromatic N) is 1. The van der Waals surface area contributed by atoms with E-state index in [9.17, 15) is 13.2 Å². The summed E-state index contributed by atoms with van der Waals surface area (Å²) in [4.78, 5) is 16.7. The summed E-state index contributed by atoms with van der Waals surface area (Å²) in [5.41, 5.74) is 3.07. The highest BCUT2D eigenvalue weighted by molar-refractivity contribution is 7.91. The second kappa shape index (κ2) is 7.34. The summed E-state index contributed by atoms with van der Waals surface area (Å²) in [5, 5.41) is 3.63. The highest BCUT2D eigenvalue weighted by Gasteiger charge is 2.17. The predicted molar refractivity (Wildman–Crippen MR) is 106 cm³/mol. The Kier molecular flexibility index (Phi) is 5.32. The standard InChI is InChI=1S/C18H17ClN2O3S2/c1-11-3-8-15-17(12(11)2)21-18(25-15)20-16(22)9-10-26(23,24)14-6-4-13(19)5-7-14/h3-8H,9-10H2,1-2H3,(H,20,21,22). The quantitative estimate of drug-likeness (QED) is 0.680. The van der Waals surface area contributed by atoms with Crippen LogP contribution in [0.5, 0.6) is 0 Å². The molecule has 1 amide bonds. The molecule has 26 heavy (non-hydrogen) atoms. The molecule has 0 saturated heterocycles. The molecule has 0 saturated carbocycles. The van der Waals surface area contributed by atoms with Crippen LogP contribution in [0, 0.1) is 13.8 Å². The normalized spacial score (nSPS) is 11.7. The van der Waals surface area contributed by atoms with E-state index in [2.05, 4.69) is 10.3 Å². The first-order valence-corrected chi connectivity index (χ1v) is 10.8. The van der Waals surface area contributed by atoms with E-state index in [0.29, 0.717) is 10.2 Å². The van der Waals surface area contributed by atoms with Gasteiger partial charge >= 0.3 is 0 Å². The lowest BCUT2D eigenvalue weighted by atomic mass is 10.1. The number of rotatable bonds is 5. The monoisotopic (exact) mass is 408 g/mol. The molecule has 0 aliphatic carbocycles. The summed E-state index contributed by atoms with van der Waals surface area (Å²) in [6, 6.07) is 9.89. The summed E-state index contributed by atoms with van der Waals surface area (Å²) in [7, 11) is -3.54. The van der Waals surface area contributed by atoms with Crippen molar-refractivity contribution in [1.82, 2.24) is 4.98 Å². The van der Waals surface area contributed by atoms with Crippen LogP contribution < -0.4 is 5.32 Å². The number of aromatic nitrogens is 1. The number of benzene rings is 2. The van der Waals surface area contributed by atoms with Gasteiger partial charge in [-0.2, -0.15) is 0 Å². The zero-order valence-corrected chi connectivity index (χ0v) is 16.6. The molecular weight excluding hydrogens is 392 g/mol. The topological polar surface area (TPSA) is 76.1 Å². The zero-order chi connectivity index (χ0) is 18.9. The molecule has 8 heteroatoms. The third-order valence-corrected chi connectivity index (χ3v) is 7.02. The van der Waals surface area contributed by atoms with Gasteiger partial charge in [0.25, 0.3) is 0 Å². The molecule has 136 valence electrons. The second-order valence-electron chi connectivity index (χ2n) is 5.94. The molecule has 0 spiro atoms. The Morgan fingerprint density at radius 2 is 1.85 bits per heavy atom. The van der Waals surface area contributed by atoms with Gasteiger partial charge in [-0.3, -0.25) is 4.79 Å². The van der Waals surface area contributed by atoms with Crippen molar-refractivity contribution in [3.05, 3.63) is 52.5 Å². The number of aryl methyl sites for hydroxylation is 2. The van der Waals surface area contributed by atoms with Crippen molar-refractivity contribution in [3.8, 4) is 0 Å². The van der Waals surface area contributed by atoms with E-state index in [1.165, 1.54) is 35.6 Å². The molecule has 1 N–H and O–H groups in total. The Hall–Kier alpha value is -1.96. The lowest BCUT2D eigenvalue weighted by Gasteiger charge is -2.04. The smallest absolute Gasteiger partial charge is 0.227 e. The molecule has 3 rings (SSSR count). The number of hydrogen-bond donors (Lipinski definition) is 1. The average molecular weight is 409 g/mol. The number of halogens is 1. The van der Waals surface area contributed by atoms with E-state index in [0.717, 1.165) is 21.3 Å². The molecule has 3 aromatic rings. The van der Waals surface area contributed by atoms with Crippen LogP contribution in [-0.2, 0) is 14.6 Å². The number of carbonyl (C=O) groups is 1. The van der Waals surface area contributed by atoms with Crippen LogP contribution in [0.3, 0.4) is 0 Å². The third-order valence-electron chi connectivity index (χ3n) is 4.10. The lowest BCUT2D eigenvalue weighted by molar-refractivity contribution is -0.115. The number of thiazole rings is 1. The van der Waals surface area contributed by atoms with Gasteiger partial charge < -0.3 is 5.32 Å². The maximum Gasteiger partial charge on any atom is 0.227 e. The van der Waals surface area contributed by atoms with Crippen LogP contribution in [0.2, 0.25) is 5.02 Å². The Bertz CT molecular complexity index is 1070. The highest BCUT2D eigenvalue weighted by atomic mass is 35.5. The van der Waals surface area contributed by atoms with E-state index in [-0.39, 0.29) is 23.0 Å². The molecule has 0 atom stereocenters. The molecule has 0 aliphatic heterocycles. The van der Waals surface area contributed by atoms with E-state index < -0.39 is 9.84 Å². The van der Waals surface area contributed by atoms with Crippen LogP contribution in [0.4, 0.5) is 5.13 Å². The Balaban J connectivity index is 1.67. The number of anilines is 1. The zero-order valence-electron chi connectivity index (χ0n) is 14.2. The first-order valence-electron chi connectivity index (χ1n) is 7.91. The Morgan fingerprint density at radius 3 is 2.54 bits per heavy atom. The van der Waals surface area contributed by atoms with Gasteiger partial charge in [0.15, 0.2) is 15.0 Å². The van der Waals surface area contributed by atoms with E-state index in [1.807, 2.05) is 26.0 Å². The fourth-order valence-electron chi connectivity index (χ4n) is 2.45. The highest BCUT2D eigenvalue weighted by Crippen LogP contribution is 2.29. The summed E-state index contributed by atoms with van der Waals surface area (Å²) in [6.07, 6.45) is -0.140. The molecule has 1 heterocycles. The largest absolute Gasteiger partial charge is 0.302 e. The van der Waals surface area contributed by atoms with E-state index in [1.54, 1.807) is 0 Å². The van der Waals surface area contributed by atoms with E-state index >= 15 is 0 Å². The summed E-state index contributed by atoms with van der Waals surface area (Å²) >= 11 is 7.14. The third kappa shape index (κ3) is 4.06. The first-order chi connectivity index (χ1) is 12.3. The van der Waals surface area contributed by atoms with Crippen LogP contribution in [0.15, 0.2) is 41.3 Å². The molecule has 0 bridgehead atoms. The van der Waals surface area contributed by atoms with Crippen molar-refractivity contribution in [2.75, 3.05) is 11.1 Å². The van der Waals surface area contributed by atoms with Gasteiger partial charge in [-0.25, -0.2) is 13.4 Å². The van der Waals surface area contributed by atoms with Crippen LogP contribution in [0.1, 0.15) is 17.5 Å². The van der Waals surface area contributed by atoms with E-state index in [4.69, 9.17) is 11.6 Å². The SMILES string of the molecule is Cc1ccc2sc(NC(=O)CCS(=O)(=O)c3ccc(Cl)cc3)nc2c1C. The minimum atomic E-state index is -3.54. The molecular formula is C18H17ClN2O3S2. The molecule has 0 fully saturated rings. The number of amides is 1. The van der Waals surface area contributed by atoms with Gasteiger partial charge in [0.05, 0.1) is 20.9 Å². The number of carbonyl (C=O) groups excluding carboxylic acids is 1. The maximum atomic E-state index is 12.3. The van der Waals surface area contributed by atoms with Crippen LogP contribution >= 0.6 is 22.9 Å². The van der Waals surface area contributed by atoms with Gasteiger partial charge in [0.1, 0.15) is 0 Å². The van der Waals surface area contributed by atoms with Crippen molar-refractivity contribution >= 4 is 54.0 Å². The summed E-state index contributed by atoms with van der Waals surface area (Å²) < 4.78 is 25.6.